The number of alkyl halides is 1. The number of hydrogen-bond donors (Lipinski definition) is 0. The highest BCUT2D eigenvalue weighted by molar-refractivity contribution is 6.21. The molecule has 0 N–H and O–H groups in total. The van der Waals surface area contributed by atoms with Crippen molar-refractivity contribution in [3.8, 4) is 11.8 Å². The average molecular weight is 258 g/mol. The van der Waals surface area contributed by atoms with E-state index in [0.29, 0.717) is 17.7 Å². The predicted octanol–water partition coefficient (Wildman–Crippen LogP) is 1.70. The van der Waals surface area contributed by atoms with Gasteiger partial charge in [0, 0.05) is 13.1 Å². The maximum absolute atomic E-state index is 6.15. The van der Waals surface area contributed by atoms with Crippen molar-refractivity contribution in [3.05, 3.63) is 6.07 Å². The number of anilines is 1. The zero-order chi connectivity index (χ0) is 12.3. The highest BCUT2D eigenvalue weighted by atomic mass is 35.5. The molecule has 2 heterocycles. The Labute approximate surface area is 106 Å². The van der Waals surface area contributed by atoms with Gasteiger partial charge in [-0.15, -0.1) is 11.6 Å². The molecule has 1 aliphatic heterocycles. The number of nitrogens with zero attached hydrogens (tertiary/aromatic N) is 3. The zero-order valence-corrected chi connectivity index (χ0v) is 10.8. The molecule has 0 amide bonds. The molecule has 1 fully saturated rings. The number of aromatic nitrogens is 2. The van der Waals surface area contributed by atoms with E-state index in [1.807, 2.05) is 0 Å². The van der Waals surface area contributed by atoms with Gasteiger partial charge >= 0.3 is 0 Å². The summed E-state index contributed by atoms with van der Waals surface area (Å²) in [5.41, 5.74) is 0. The standard InChI is InChI=1S/C11H16ClN3O2/c1-16-9-6-10(17-2)14-11(13-9)15-5-3-4-8(12)7-15/h6,8H,3-5,7H2,1-2H3. The Morgan fingerprint density at radius 2 is 1.94 bits per heavy atom. The van der Waals surface area contributed by atoms with Gasteiger partial charge in [-0.2, -0.15) is 9.97 Å². The number of piperidine rings is 1. The van der Waals surface area contributed by atoms with Gasteiger partial charge in [0.25, 0.3) is 0 Å². The first-order chi connectivity index (χ1) is 8.22. The van der Waals surface area contributed by atoms with Crippen molar-refractivity contribution in [2.24, 2.45) is 0 Å². The molecule has 0 aliphatic carbocycles. The van der Waals surface area contributed by atoms with Gasteiger partial charge in [-0.1, -0.05) is 0 Å². The normalized spacial score (nSPS) is 20.2. The number of hydrogen-bond acceptors (Lipinski definition) is 5. The van der Waals surface area contributed by atoms with Gasteiger partial charge in [-0.25, -0.2) is 0 Å². The van der Waals surface area contributed by atoms with Gasteiger partial charge < -0.3 is 14.4 Å². The van der Waals surface area contributed by atoms with Crippen molar-refractivity contribution in [1.29, 1.82) is 0 Å². The molecule has 2 rings (SSSR count). The molecule has 1 aromatic heterocycles. The van der Waals surface area contributed by atoms with E-state index in [2.05, 4.69) is 14.9 Å². The molecule has 5 nitrogen and oxygen atoms in total. The molecular formula is C11H16ClN3O2. The Bertz CT molecular complexity index is 367. The lowest BCUT2D eigenvalue weighted by Crippen LogP contribution is -2.37. The van der Waals surface area contributed by atoms with Gasteiger partial charge in [-0.3, -0.25) is 0 Å². The third-order valence-corrected chi connectivity index (χ3v) is 3.09. The van der Waals surface area contributed by atoms with Crippen LogP contribution in [-0.4, -0.2) is 42.7 Å². The van der Waals surface area contributed by atoms with Crippen LogP contribution in [0.4, 0.5) is 5.95 Å². The van der Waals surface area contributed by atoms with Crippen LogP contribution in [0.2, 0.25) is 0 Å². The lowest BCUT2D eigenvalue weighted by molar-refractivity contribution is 0.371. The number of methoxy groups -OCH3 is 2. The minimum Gasteiger partial charge on any atom is -0.481 e. The minimum absolute atomic E-state index is 0.157. The highest BCUT2D eigenvalue weighted by Crippen LogP contribution is 2.24. The molecule has 1 aromatic rings. The van der Waals surface area contributed by atoms with E-state index in [-0.39, 0.29) is 5.38 Å². The Morgan fingerprint density at radius 1 is 1.29 bits per heavy atom. The minimum atomic E-state index is 0.157. The fourth-order valence-corrected chi connectivity index (χ4v) is 2.17. The first-order valence-electron chi connectivity index (χ1n) is 5.59. The molecule has 6 heteroatoms. The van der Waals surface area contributed by atoms with E-state index in [9.17, 15) is 0 Å². The van der Waals surface area contributed by atoms with Gasteiger partial charge in [0.2, 0.25) is 17.7 Å². The zero-order valence-electron chi connectivity index (χ0n) is 10.0. The molecule has 1 aliphatic rings. The van der Waals surface area contributed by atoms with Crippen molar-refractivity contribution in [2.45, 2.75) is 18.2 Å². The van der Waals surface area contributed by atoms with Gasteiger partial charge in [0.1, 0.15) is 0 Å². The van der Waals surface area contributed by atoms with Crippen LogP contribution in [0, 0.1) is 0 Å². The summed E-state index contributed by atoms with van der Waals surface area (Å²) in [6.45, 7) is 1.68. The van der Waals surface area contributed by atoms with Crippen LogP contribution in [0.5, 0.6) is 11.8 Å². The second kappa shape index (κ2) is 5.40. The van der Waals surface area contributed by atoms with E-state index in [1.165, 1.54) is 0 Å². The van der Waals surface area contributed by atoms with Crippen LogP contribution in [0.25, 0.3) is 0 Å². The van der Waals surface area contributed by atoms with E-state index >= 15 is 0 Å². The van der Waals surface area contributed by atoms with Crippen LogP contribution >= 0.6 is 11.6 Å². The van der Waals surface area contributed by atoms with E-state index in [4.69, 9.17) is 21.1 Å². The monoisotopic (exact) mass is 257 g/mol. The predicted molar refractivity (Wildman–Crippen MR) is 66.2 cm³/mol. The smallest absolute Gasteiger partial charge is 0.232 e. The largest absolute Gasteiger partial charge is 0.481 e. The Morgan fingerprint density at radius 3 is 2.47 bits per heavy atom. The lowest BCUT2D eigenvalue weighted by Gasteiger charge is -2.29. The second-order valence-corrected chi connectivity index (χ2v) is 4.56. The summed E-state index contributed by atoms with van der Waals surface area (Å²) in [6, 6.07) is 1.66. The van der Waals surface area contributed by atoms with Gasteiger partial charge in [0.05, 0.1) is 25.7 Å². The third kappa shape index (κ3) is 2.91. The summed E-state index contributed by atoms with van der Waals surface area (Å²) >= 11 is 6.15. The average Bonchev–Trinajstić information content (AvgIpc) is 2.38. The van der Waals surface area contributed by atoms with E-state index in [1.54, 1.807) is 20.3 Å². The first-order valence-corrected chi connectivity index (χ1v) is 6.02. The number of rotatable bonds is 3. The van der Waals surface area contributed by atoms with Crippen LogP contribution in [-0.2, 0) is 0 Å². The van der Waals surface area contributed by atoms with Crippen molar-refractivity contribution in [3.63, 3.8) is 0 Å². The Balaban J connectivity index is 2.23. The summed E-state index contributed by atoms with van der Waals surface area (Å²) in [6.07, 6.45) is 2.09. The van der Waals surface area contributed by atoms with Crippen LogP contribution in [0.3, 0.4) is 0 Å². The number of ether oxygens (including phenoxy) is 2. The first kappa shape index (κ1) is 12.2. The second-order valence-electron chi connectivity index (χ2n) is 3.94. The summed E-state index contributed by atoms with van der Waals surface area (Å²) < 4.78 is 10.2. The van der Waals surface area contributed by atoms with Crippen molar-refractivity contribution in [2.75, 3.05) is 32.2 Å². The SMILES string of the molecule is COc1cc(OC)nc(N2CCCC(Cl)C2)n1. The fraction of sp³-hybridized carbons (Fsp3) is 0.636. The van der Waals surface area contributed by atoms with Crippen molar-refractivity contribution in [1.82, 2.24) is 9.97 Å². The van der Waals surface area contributed by atoms with Crippen molar-refractivity contribution >= 4 is 17.5 Å². The lowest BCUT2D eigenvalue weighted by atomic mass is 10.1. The van der Waals surface area contributed by atoms with Crippen molar-refractivity contribution < 1.29 is 9.47 Å². The van der Waals surface area contributed by atoms with E-state index in [0.717, 1.165) is 25.9 Å². The van der Waals surface area contributed by atoms with Crippen LogP contribution < -0.4 is 14.4 Å². The molecule has 0 spiro atoms. The van der Waals surface area contributed by atoms with E-state index < -0.39 is 0 Å². The molecule has 0 bridgehead atoms. The quantitative estimate of drug-likeness (QED) is 0.772. The van der Waals surface area contributed by atoms with Gasteiger partial charge in [-0.05, 0) is 12.8 Å². The molecule has 17 heavy (non-hydrogen) atoms. The molecule has 0 aromatic carbocycles. The molecule has 1 saturated heterocycles. The third-order valence-electron chi connectivity index (χ3n) is 2.73. The number of halogens is 1. The molecular weight excluding hydrogens is 242 g/mol. The maximum Gasteiger partial charge on any atom is 0.232 e. The Hall–Kier alpha value is -1.23. The molecule has 1 atom stereocenters. The summed E-state index contributed by atoms with van der Waals surface area (Å²) in [4.78, 5) is 10.7. The topological polar surface area (TPSA) is 47.5 Å². The molecule has 1 unspecified atom stereocenters. The Kier molecular flexibility index (Phi) is 3.89. The molecule has 0 radical (unpaired) electrons. The maximum atomic E-state index is 6.15. The molecule has 94 valence electrons. The van der Waals surface area contributed by atoms with Gasteiger partial charge in [0.15, 0.2) is 0 Å². The molecule has 0 saturated carbocycles. The summed E-state index contributed by atoms with van der Waals surface area (Å²) in [7, 11) is 3.15. The highest BCUT2D eigenvalue weighted by Gasteiger charge is 2.21. The summed E-state index contributed by atoms with van der Waals surface area (Å²) in [5.74, 6) is 1.62. The fourth-order valence-electron chi connectivity index (χ4n) is 1.85. The van der Waals surface area contributed by atoms with Crippen LogP contribution in [0.1, 0.15) is 12.8 Å². The summed E-state index contributed by atoms with van der Waals surface area (Å²) in [5, 5.41) is 0.157. The van der Waals surface area contributed by atoms with Crippen LogP contribution in [0.15, 0.2) is 6.07 Å².